The number of nitrogens with one attached hydrogen (secondary N) is 1. The van der Waals surface area contributed by atoms with Crippen molar-refractivity contribution < 1.29 is 0 Å². The molecule has 0 aliphatic carbocycles. The van der Waals surface area contributed by atoms with E-state index in [1.54, 1.807) is 0 Å². The molecule has 1 rings (SSSR count). The Morgan fingerprint density at radius 3 is 2.79 bits per heavy atom. The van der Waals surface area contributed by atoms with E-state index in [0.29, 0.717) is 6.04 Å². The molecule has 0 heterocycles. The Balaban J connectivity index is 2.83. The second-order valence-electron chi connectivity index (χ2n) is 3.56. The average Bonchev–Trinajstić information content (AvgIpc) is 2.14. The lowest BCUT2D eigenvalue weighted by molar-refractivity contribution is 0.589. The van der Waals surface area contributed by atoms with E-state index in [1.165, 1.54) is 14.7 Å². The Morgan fingerprint density at radius 2 is 2.29 bits per heavy atom. The predicted octanol–water partition coefficient (Wildman–Crippen LogP) is 3.52. The van der Waals surface area contributed by atoms with E-state index in [4.69, 9.17) is 0 Å². The van der Waals surface area contributed by atoms with Gasteiger partial charge in [0.15, 0.2) is 0 Å². The van der Waals surface area contributed by atoms with Crippen LogP contribution in [0.25, 0.3) is 0 Å². The van der Waals surface area contributed by atoms with Gasteiger partial charge < -0.3 is 5.32 Å². The van der Waals surface area contributed by atoms with Gasteiger partial charge in [0.25, 0.3) is 0 Å². The van der Waals surface area contributed by atoms with Crippen LogP contribution < -0.4 is 5.32 Å². The minimum absolute atomic E-state index is 0.391. The van der Waals surface area contributed by atoms with E-state index in [1.807, 2.05) is 7.05 Å². The molecule has 0 amide bonds. The van der Waals surface area contributed by atoms with Gasteiger partial charge in [-0.05, 0) is 60.7 Å². The van der Waals surface area contributed by atoms with Gasteiger partial charge in [-0.2, -0.15) is 0 Å². The summed E-state index contributed by atoms with van der Waals surface area (Å²) in [6, 6.07) is 8.97. The molecule has 0 aliphatic heterocycles. The second-order valence-corrected chi connectivity index (χ2v) is 4.80. The zero-order chi connectivity index (χ0) is 10.6. The maximum Gasteiger partial charge on any atom is 0.0355 e. The van der Waals surface area contributed by atoms with Crippen LogP contribution in [0.1, 0.15) is 24.9 Å². The van der Waals surface area contributed by atoms with Crippen molar-refractivity contribution in [2.45, 2.75) is 19.4 Å². The summed E-state index contributed by atoms with van der Waals surface area (Å²) in [5, 5.41) is 3.31. The molecule has 0 aromatic heterocycles. The van der Waals surface area contributed by atoms with Gasteiger partial charge in [0.1, 0.15) is 0 Å². The SMILES string of the molecule is C=C(C)CC(NC)c1cccc(I)c1. The van der Waals surface area contributed by atoms with Crippen molar-refractivity contribution in [2.75, 3.05) is 7.05 Å². The maximum atomic E-state index is 3.95. The molecule has 0 fully saturated rings. The Morgan fingerprint density at radius 1 is 1.57 bits per heavy atom. The molecule has 1 aromatic rings. The average molecular weight is 301 g/mol. The van der Waals surface area contributed by atoms with Crippen LogP contribution in [0.15, 0.2) is 36.4 Å². The third kappa shape index (κ3) is 3.42. The van der Waals surface area contributed by atoms with Gasteiger partial charge in [0.05, 0.1) is 0 Å². The fourth-order valence-electron chi connectivity index (χ4n) is 1.46. The molecule has 0 bridgehead atoms. The smallest absolute Gasteiger partial charge is 0.0355 e. The maximum absolute atomic E-state index is 3.95. The molecular weight excluding hydrogens is 285 g/mol. The van der Waals surface area contributed by atoms with Gasteiger partial charge >= 0.3 is 0 Å². The molecule has 0 aliphatic rings. The number of rotatable bonds is 4. The van der Waals surface area contributed by atoms with Crippen LogP contribution >= 0.6 is 22.6 Å². The summed E-state index contributed by atoms with van der Waals surface area (Å²) in [6.45, 7) is 6.02. The van der Waals surface area contributed by atoms with Gasteiger partial charge in [0.2, 0.25) is 0 Å². The summed E-state index contributed by atoms with van der Waals surface area (Å²) in [4.78, 5) is 0. The second kappa shape index (κ2) is 5.51. The number of hydrogen-bond donors (Lipinski definition) is 1. The van der Waals surface area contributed by atoms with Gasteiger partial charge in [0, 0.05) is 9.61 Å². The largest absolute Gasteiger partial charge is 0.313 e. The molecular formula is C12H16IN. The van der Waals surface area contributed by atoms with Crippen LogP contribution in [0.3, 0.4) is 0 Å². The standard InChI is InChI=1S/C12H16IN/c1-9(2)7-12(14-3)10-5-4-6-11(13)8-10/h4-6,8,12,14H,1,7H2,2-3H3. The van der Waals surface area contributed by atoms with Crippen LogP contribution in [0.4, 0.5) is 0 Å². The molecule has 1 atom stereocenters. The predicted molar refractivity (Wildman–Crippen MR) is 70.4 cm³/mol. The first-order chi connectivity index (χ1) is 6.63. The van der Waals surface area contributed by atoms with Crippen LogP contribution in [0.5, 0.6) is 0 Å². The van der Waals surface area contributed by atoms with Crippen LogP contribution in [-0.4, -0.2) is 7.05 Å². The number of benzene rings is 1. The highest BCUT2D eigenvalue weighted by Crippen LogP contribution is 2.21. The zero-order valence-electron chi connectivity index (χ0n) is 8.68. The summed E-state index contributed by atoms with van der Waals surface area (Å²) in [5.74, 6) is 0. The number of halogens is 1. The van der Waals surface area contributed by atoms with Crippen LogP contribution in [0, 0.1) is 3.57 Å². The fourth-order valence-corrected chi connectivity index (χ4v) is 2.03. The normalized spacial score (nSPS) is 12.5. The van der Waals surface area contributed by atoms with Crippen molar-refractivity contribution in [3.8, 4) is 0 Å². The first-order valence-corrected chi connectivity index (χ1v) is 5.78. The van der Waals surface area contributed by atoms with E-state index in [9.17, 15) is 0 Å². The Labute approximate surface area is 99.7 Å². The van der Waals surface area contributed by atoms with Crippen molar-refractivity contribution in [1.82, 2.24) is 5.32 Å². The molecule has 1 nitrogen and oxygen atoms in total. The summed E-state index contributed by atoms with van der Waals surface area (Å²) >= 11 is 2.34. The highest BCUT2D eigenvalue weighted by atomic mass is 127. The molecule has 0 radical (unpaired) electrons. The molecule has 1 N–H and O–H groups in total. The lowest BCUT2D eigenvalue weighted by Crippen LogP contribution is -2.16. The Bertz CT molecular complexity index is 320. The Hall–Kier alpha value is -0.350. The van der Waals surface area contributed by atoms with Crippen molar-refractivity contribution in [1.29, 1.82) is 0 Å². The van der Waals surface area contributed by atoms with Gasteiger partial charge in [-0.25, -0.2) is 0 Å². The number of hydrogen-bond acceptors (Lipinski definition) is 1. The lowest BCUT2D eigenvalue weighted by atomic mass is 10.0. The van der Waals surface area contributed by atoms with Crippen LogP contribution in [0.2, 0.25) is 0 Å². The van der Waals surface area contributed by atoms with Crippen LogP contribution in [-0.2, 0) is 0 Å². The minimum Gasteiger partial charge on any atom is -0.313 e. The third-order valence-electron chi connectivity index (χ3n) is 2.15. The third-order valence-corrected chi connectivity index (χ3v) is 2.82. The summed E-state index contributed by atoms with van der Waals surface area (Å²) in [5.41, 5.74) is 2.55. The summed E-state index contributed by atoms with van der Waals surface area (Å²) < 4.78 is 1.28. The highest BCUT2D eigenvalue weighted by Gasteiger charge is 2.08. The van der Waals surface area contributed by atoms with Crippen molar-refractivity contribution in [3.05, 3.63) is 45.6 Å². The van der Waals surface area contributed by atoms with E-state index in [2.05, 4.69) is 65.7 Å². The zero-order valence-corrected chi connectivity index (χ0v) is 10.8. The van der Waals surface area contributed by atoms with Crippen molar-refractivity contribution >= 4 is 22.6 Å². The Kier molecular flexibility index (Phi) is 4.62. The molecule has 0 saturated heterocycles. The van der Waals surface area contributed by atoms with Gasteiger partial charge in [-0.3, -0.25) is 0 Å². The monoisotopic (exact) mass is 301 g/mol. The van der Waals surface area contributed by atoms with E-state index < -0.39 is 0 Å². The highest BCUT2D eigenvalue weighted by molar-refractivity contribution is 14.1. The molecule has 0 saturated carbocycles. The summed E-state index contributed by atoms with van der Waals surface area (Å²) in [7, 11) is 1.99. The summed E-state index contributed by atoms with van der Waals surface area (Å²) in [6.07, 6.45) is 0.997. The first-order valence-electron chi connectivity index (χ1n) is 4.70. The molecule has 0 spiro atoms. The molecule has 2 heteroatoms. The van der Waals surface area contributed by atoms with Gasteiger partial charge in [-0.1, -0.05) is 17.7 Å². The van der Waals surface area contributed by atoms with E-state index in [0.717, 1.165) is 6.42 Å². The van der Waals surface area contributed by atoms with E-state index in [-0.39, 0.29) is 0 Å². The molecule has 14 heavy (non-hydrogen) atoms. The fraction of sp³-hybridized carbons (Fsp3) is 0.333. The van der Waals surface area contributed by atoms with Crippen molar-refractivity contribution in [3.63, 3.8) is 0 Å². The minimum atomic E-state index is 0.391. The molecule has 1 aromatic carbocycles. The van der Waals surface area contributed by atoms with E-state index >= 15 is 0 Å². The molecule has 1 unspecified atom stereocenters. The topological polar surface area (TPSA) is 12.0 Å². The molecule has 76 valence electrons. The first kappa shape index (κ1) is 11.7. The quantitative estimate of drug-likeness (QED) is 0.663. The van der Waals surface area contributed by atoms with Gasteiger partial charge in [-0.15, -0.1) is 6.58 Å². The van der Waals surface area contributed by atoms with Crippen molar-refractivity contribution in [2.24, 2.45) is 0 Å². The lowest BCUT2D eigenvalue weighted by Gasteiger charge is -2.16.